The Hall–Kier alpha value is -0.530. The molecule has 2 N–H and O–H groups in total. The summed E-state index contributed by atoms with van der Waals surface area (Å²) in [5, 5.41) is 0. The summed E-state index contributed by atoms with van der Waals surface area (Å²) in [7, 11) is 0. The standard InChI is InChI=1S/C11H17N.ClH/c1-3-9-6-5-7-10(4-2)11(9)8-12;/h5-7H,3-4,8,12H2,1-2H3;1H. The Kier molecular flexibility index (Phi) is 5.76. The van der Waals surface area contributed by atoms with Crippen LogP contribution in [0.5, 0.6) is 0 Å². The van der Waals surface area contributed by atoms with Crippen molar-refractivity contribution in [3.05, 3.63) is 34.9 Å². The molecule has 0 aliphatic heterocycles. The van der Waals surface area contributed by atoms with Crippen molar-refractivity contribution in [2.24, 2.45) is 5.73 Å². The molecular formula is C11H18ClN. The van der Waals surface area contributed by atoms with Crippen LogP contribution in [-0.4, -0.2) is 0 Å². The molecule has 0 spiro atoms. The van der Waals surface area contributed by atoms with Crippen LogP contribution in [0.15, 0.2) is 18.2 Å². The first-order valence-corrected chi connectivity index (χ1v) is 4.63. The number of benzene rings is 1. The van der Waals surface area contributed by atoms with Gasteiger partial charge in [0.25, 0.3) is 0 Å². The lowest BCUT2D eigenvalue weighted by Crippen LogP contribution is -2.04. The van der Waals surface area contributed by atoms with E-state index in [-0.39, 0.29) is 12.4 Å². The normalized spacial score (nSPS) is 9.46. The summed E-state index contributed by atoms with van der Waals surface area (Å²) < 4.78 is 0. The topological polar surface area (TPSA) is 26.0 Å². The number of hydrogen-bond donors (Lipinski definition) is 1. The summed E-state index contributed by atoms with van der Waals surface area (Å²) in [4.78, 5) is 0. The number of nitrogens with two attached hydrogens (primary N) is 1. The lowest BCUT2D eigenvalue weighted by Gasteiger charge is -2.10. The fourth-order valence-electron chi connectivity index (χ4n) is 1.61. The highest BCUT2D eigenvalue weighted by atomic mass is 35.5. The fourth-order valence-corrected chi connectivity index (χ4v) is 1.61. The van der Waals surface area contributed by atoms with Crippen molar-refractivity contribution < 1.29 is 0 Å². The van der Waals surface area contributed by atoms with Gasteiger partial charge >= 0.3 is 0 Å². The number of aryl methyl sites for hydroxylation is 2. The highest BCUT2D eigenvalue weighted by Gasteiger charge is 2.02. The quantitative estimate of drug-likeness (QED) is 0.796. The highest BCUT2D eigenvalue weighted by molar-refractivity contribution is 5.85. The van der Waals surface area contributed by atoms with E-state index in [9.17, 15) is 0 Å². The predicted octanol–water partition coefficient (Wildman–Crippen LogP) is 2.69. The summed E-state index contributed by atoms with van der Waals surface area (Å²) in [6, 6.07) is 6.46. The third-order valence-electron chi connectivity index (χ3n) is 2.34. The van der Waals surface area contributed by atoms with Gasteiger partial charge < -0.3 is 5.73 Å². The Morgan fingerprint density at radius 1 is 1.08 bits per heavy atom. The van der Waals surface area contributed by atoms with Crippen molar-refractivity contribution in [3.63, 3.8) is 0 Å². The zero-order valence-electron chi connectivity index (χ0n) is 8.34. The largest absolute Gasteiger partial charge is 0.326 e. The molecule has 0 atom stereocenters. The maximum atomic E-state index is 5.70. The molecule has 2 heteroatoms. The average Bonchev–Trinajstić information content (AvgIpc) is 2.16. The second kappa shape index (κ2) is 6.01. The SMILES string of the molecule is CCc1cccc(CC)c1CN.Cl. The molecule has 1 aromatic carbocycles. The van der Waals surface area contributed by atoms with Gasteiger partial charge in [0.05, 0.1) is 0 Å². The summed E-state index contributed by atoms with van der Waals surface area (Å²) in [6.07, 6.45) is 2.17. The van der Waals surface area contributed by atoms with Gasteiger partial charge in [-0.05, 0) is 29.5 Å². The van der Waals surface area contributed by atoms with E-state index >= 15 is 0 Å². The first-order valence-electron chi connectivity index (χ1n) is 4.63. The summed E-state index contributed by atoms with van der Waals surface area (Å²) in [5.74, 6) is 0. The summed E-state index contributed by atoms with van der Waals surface area (Å²) in [6.45, 7) is 5.02. The van der Waals surface area contributed by atoms with E-state index in [2.05, 4.69) is 32.0 Å². The highest BCUT2D eigenvalue weighted by Crippen LogP contribution is 2.15. The van der Waals surface area contributed by atoms with Gasteiger partial charge in [0.1, 0.15) is 0 Å². The van der Waals surface area contributed by atoms with E-state index in [4.69, 9.17) is 5.73 Å². The minimum Gasteiger partial charge on any atom is -0.326 e. The van der Waals surface area contributed by atoms with Crippen molar-refractivity contribution in [3.8, 4) is 0 Å². The van der Waals surface area contributed by atoms with Crippen molar-refractivity contribution >= 4 is 12.4 Å². The monoisotopic (exact) mass is 199 g/mol. The van der Waals surface area contributed by atoms with Crippen molar-refractivity contribution in [1.29, 1.82) is 0 Å². The van der Waals surface area contributed by atoms with E-state index in [0.29, 0.717) is 6.54 Å². The van der Waals surface area contributed by atoms with Crippen molar-refractivity contribution in [1.82, 2.24) is 0 Å². The minimum absolute atomic E-state index is 0. The molecule has 0 radical (unpaired) electrons. The second-order valence-corrected chi connectivity index (χ2v) is 2.97. The lowest BCUT2D eigenvalue weighted by atomic mass is 9.98. The smallest absolute Gasteiger partial charge is 0.0183 e. The van der Waals surface area contributed by atoms with Crippen molar-refractivity contribution in [2.45, 2.75) is 33.2 Å². The van der Waals surface area contributed by atoms with Crippen LogP contribution >= 0.6 is 12.4 Å². The second-order valence-electron chi connectivity index (χ2n) is 2.97. The molecule has 74 valence electrons. The molecule has 0 fully saturated rings. The van der Waals surface area contributed by atoms with Gasteiger partial charge in [-0.3, -0.25) is 0 Å². The number of rotatable bonds is 3. The van der Waals surface area contributed by atoms with Crippen LogP contribution in [0, 0.1) is 0 Å². The van der Waals surface area contributed by atoms with Gasteiger partial charge in [-0.15, -0.1) is 12.4 Å². The van der Waals surface area contributed by atoms with Gasteiger partial charge in [0.15, 0.2) is 0 Å². The zero-order chi connectivity index (χ0) is 8.97. The molecule has 0 bridgehead atoms. The molecule has 0 amide bonds. The molecule has 0 saturated carbocycles. The first-order chi connectivity index (χ1) is 5.83. The molecule has 1 rings (SSSR count). The third kappa shape index (κ3) is 2.71. The van der Waals surface area contributed by atoms with Crippen LogP contribution in [-0.2, 0) is 19.4 Å². The van der Waals surface area contributed by atoms with E-state index in [1.54, 1.807) is 0 Å². The van der Waals surface area contributed by atoms with Gasteiger partial charge in [-0.2, -0.15) is 0 Å². The average molecular weight is 200 g/mol. The molecule has 0 aromatic heterocycles. The van der Waals surface area contributed by atoms with Crippen LogP contribution in [0.3, 0.4) is 0 Å². The summed E-state index contributed by atoms with van der Waals surface area (Å²) >= 11 is 0. The van der Waals surface area contributed by atoms with Gasteiger partial charge in [-0.25, -0.2) is 0 Å². The first kappa shape index (κ1) is 12.5. The molecule has 0 unspecified atom stereocenters. The third-order valence-corrected chi connectivity index (χ3v) is 2.34. The van der Waals surface area contributed by atoms with E-state index in [0.717, 1.165) is 12.8 Å². The van der Waals surface area contributed by atoms with Gasteiger partial charge in [-0.1, -0.05) is 32.0 Å². The van der Waals surface area contributed by atoms with Crippen molar-refractivity contribution in [2.75, 3.05) is 0 Å². The van der Waals surface area contributed by atoms with Crippen LogP contribution < -0.4 is 5.73 Å². The van der Waals surface area contributed by atoms with E-state index in [1.165, 1.54) is 16.7 Å². The van der Waals surface area contributed by atoms with Crippen LogP contribution in [0.2, 0.25) is 0 Å². The van der Waals surface area contributed by atoms with Gasteiger partial charge in [0, 0.05) is 6.54 Å². The Bertz CT molecular complexity index is 236. The maximum Gasteiger partial charge on any atom is 0.0183 e. The van der Waals surface area contributed by atoms with Gasteiger partial charge in [0.2, 0.25) is 0 Å². The molecule has 0 aliphatic rings. The van der Waals surface area contributed by atoms with E-state index < -0.39 is 0 Å². The van der Waals surface area contributed by atoms with Crippen LogP contribution in [0.25, 0.3) is 0 Å². The zero-order valence-corrected chi connectivity index (χ0v) is 9.16. The van der Waals surface area contributed by atoms with E-state index in [1.807, 2.05) is 0 Å². The molecule has 1 aromatic rings. The predicted molar refractivity (Wildman–Crippen MR) is 60.3 cm³/mol. The number of halogens is 1. The number of hydrogen-bond acceptors (Lipinski definition) is 1. The molecule has 1 nitrogen and oxygen atoms in total. The molecule has 0 aliphatic carbocycles. The Morgan fingerprint density at radius 2 is 1.54 bits per heavy atom. The molecule has 0 saturated heterocycles. The Labute approximate surface area is 86.7 Å². The molecular weight excluding hydrogens is 182 g/mol. The van der Waals surface area contributed by atoms with Crippen LogP contribution in [0.4, 0.5) is 0 Å². The van der Waals surface area contributed by atoms with Crippen LogP contribution in [0.1, 0.15) is 30.5 Å². The minimum atomic E-state index is 0. The summed E-state index contributed by atoms with van der Waals surface area (Å²) in [5.41, 5.74) is 9.85. The lowest BCUT2D eigenvalue weighted by molar-refractivity contribution is 0.956. The maximum absolute atomic E-state index is 5.70. The molecule has 13 heavy (non-hydrogen) atoms. The molecule has 0 heterocycles. The Morgan fingerprint density at radius 3 is 1.85 bits per heavy atom. The Balaban J connectivity index is 0.00000144. The fraction of sp³-hybridized carbons (Fsp3) is 0.455.